The molecule has 0 aliphatic carbocycles. The van der Waals surface area contributed by atoms with E-state index in [-0.39, 0.29) is 5.56 Å². The van der Waals surface area contributed by atoms with Crippen LogP contribution in [0.1, 0.15) is 12.2 Å². The number of hydrogen-bond donors (Lipinski definition) is 1. The molecule has 5 heteroatoms. The van der Waals surface area contributed by atoms with E-state index in [0.717, 1.165) is 27.9 Å². The van der Waals surface area contributed by atoms with Crippen molar-refractivity contribution in [2.24, 2.45) is 0 Å². The number of aromatic nitrogens is 2. The minimum absolute atomic E-state index is 0.0806. The predicted molar refractivity (Wildman–Crippen MR) is 110 cm³/mol. The Bertz CT molecular complexity index is 1080. The zero-order chi connectivity index (χ0) is 17.9. The van der Waals surface area contributed by atoms with Crippen LogP contribution in [0.15, 0.2) is 64.8 Å². The van der Waals surface area contributed by atoms with Gasteiger partial charge in [-0.15, -0.1) is 22.9 Å². The van der Waals surface area contributed by atoms with Gasteiger partial charge in [-0.2, -0.15) is 0 Å². The molecule has 0 spiro atoms. The molecule has 0 saturated heterocycles. The van der Waals surface area contributed by atoms with Gasteiger partial charge in [0.05, 0.1) is 5.39 Å². The maximum Gasteiger partial charge on any atom is 0.260 e. The smallest absolute Gasteiger partial charge is 0.260 e. The van der Waals surface area contributed by atoms with E-state index in [2.05, 4.69) is 46.4 Å². The summed E-state index contributed by atoms with van der Waals surface area (Å²) in [6.45, 7) is 0. The summed E-state index contributed by atoms with van der Waals surface area (Å²) < 4.78 is 0. The molecule has 0 amide bonds. The molecule has 4 aromatic rings. The molecule has 0 fully saturated rings. The second-order valence-corrected chi connectivity index (χ2v) is 7.31. The van der Waals surface area contributed by atoms with Gasteiger partial charge in [0.1, 0.15) is 10.7 Å². The number of fused-ring (bicyclic) bond motifs is 1. The Morgan fingerprint density at radius 1 is 0.962 bits per heavy atom. The third-order valence-corrected chi connectivity index (χ3v) is 5.48. The number of aromatic amines is 1. The van der Waals surface area contributed by atoms with Crippen LogP contribution in [0.5, 0.6) is 0 Å². The summed E-state index contributed by atoms with van der Waals surface area (Å²) in [4.78, 5) is 20.9. The molecule has 0 bridgehead atoms. The summed E-state index contributed by atoms with van der Waals surface area (Å²) in [6, 6.07) is 18.5. The molecule has 0 unspecified atom stereocenters. The number of rotatable bonds is 5. The van der Waals surface area contributed by atoms with E-state index in [1.165, 1.54) is 16.9 Å². The van der Waals surface area contributed by atoms with Crippen LogP contribution in [-0.2, 0) is 6.42 Å². The Labute approximate surface area is 160 Å². The van der Waals surface area contributed by atoms with Gasteiger partial charge >= 0.3 is 0 Å². The van der Waals surface area contributed by atoms with Crippen molar-refractivity contribution < 1.29 is 0 Å². The fourth-order valence-corrected chi connectivity index (χ4v) is 4.13. The summed E-state index contributed by atoms with van der Waals surface area (Å²) in [5.41, 5.74) is 4.21. The molecule has 2 aromatic heterocycles. The number of aryl methyl sites for hydroxylation is 1. The van der Waals surface area contributed by atoms with Crippen molar-refractivity contribution in [2.45, 2.75) is 12.8 Å². The average molecular weight is 381 g/mol. The Morgan fingerprint density at radius 2 is 1.65 bits per heavy atom. The Hall–Kier alpha value is -2.43. The normalized spacial score (nSPS) is 11.1. The summed E-state index contributed by atoms with van der Waals surface area (Å²) in [5, 5.41) is 2.67. The highest BCUT2D eigenvalue weighted by atomic mass is 35.5. The fourth-order valence-electron chi connectivity index (χ4n) is 3.03. The van der Waals surface area contributed by atoms with Gasteiger partial charge in [0, 0.05) is 23.2 Å². The van der Waals surface area contributed by atoms with Crippen LogP contribution in [0, 0.1) is 0 Å². The van der Waals surface area contributed by atoms with Gasteiger partial charge in [0.15, 0.2) is 0 Å². The quantitative estimate of drug-likeness (QED) is 0.465. The van der Waals surface area contributed by atoms with E-state index in [4.69, 9.17) is 11.6 Å². The maximum absolute atomic E-state index is 12.6. The summed E-state index contributed by atoms with van der Waals surface area (Å²) in [6.07, 6.45) is 1.49. The van der Waals surface area contributed by atoms with Gasteiger partial charge in [0.2, 0.25) is 0 Å². The molecule has 2 heterocycles. The van der Waals surface area contributed by atoms with Crippen molar-refractivity contribution in [3.63, 3.8) is 0 Å². The standard InChI is InChI=1S/C21H17ClN2OS/c22-12-4-7-18-23-20(25)19-17(13-26-21(19)24-18)16-10-8-15(9-11-16)14-5-2-1-3-6-14/h1-3,5-6,8-11,13H,4,7,12H2,(H,23,24,25). The number of halogens is 1. The lowest BCUT2D eigenvalue weighted by Crippen LogP contribution is -2.11. The van der Waals surface area contributed by atoms with Crippen LogP contribution in [0.3, 0.4) is 0 Å². The first-order chi connectivity index (χ1) is 12.8. The topological polar surface area (TPSA) is 45.8 Å². The SMILES string of the molecule is O=c1[nH]c(CCCCl)nc2scc(-c3ccc(-c4ccccc4)cc3)c12. The third kappa shape index (κ3) is 3.30. The highest BCUT2D eigenvalue weighted by Gasteiger charge is 2.13. The summed E-state index contributed by atoms with van der Waals surface area (Å²) >= 11 is 7.24. The lowest BCUT2D eigenvalue weighted by atomic mass is 10.0. The number of hydrogen-bond acceptors (Lipinski definition) is 3. The molecule has 0 radical (unpaired) electrons. The van der Waals surface area contributed by atoms with E-state index in [9.17, 15) is 4.79 Å². The van der Waals surface area contributed by atoms with Crippen molar-refractivity contribution in [2.75, 3.05) is 5.88 Å². The molecule has 130 valence electrons. The molecule has 0 atom stereocenters. The lowest BCUT2D eigenvalue weighted by molar-refractivity contribution is 0.843. The molecule has 4 rings (SSSR count). The minimum Gasteiger partial charge on any atom is -0.310 e. The first kappa shape index (κ1) is 17.0. The van der Waals surface area contributed by atoms with Gasteiger partial charge in [-0.1, -0.05) is 54.6 Å². The van der Waals surface area contributed by atoms with Gasteiger partial charge < -0.3 is 4.98 Å². The molecular weight excluding hydrogens is 364 g/mol. The van der Waals surface area contributed by atoms with Crippen LogP contribution in [0.2, 0.25) is 0 Å². The van der Waals surface area contributed by atoms with E-state index in [1.54, 1.807) is 0 Å². The van der Waals surface area contributed by atoms with E-state index >= 15 is 0 Å². The second kappa shape index (κ2) is 7.44. The molecule has 1 N–H and O–H groups in total. The number of nitrogens with zero attached hydrogens (tertiary/aromatic N) is 1. The van der Waals surface area contributed by atoms with Gasteiger partial charge in [-0.25, -0.2) is 4.98 Å². The maximum atomic E-state index is 12.6. The second-order valence-electron chi connectivity index (χ2n) is 6.08. The van der Waals surface area contributed by atoms with Gasteiger partial charge in [-0.3, -0.25) is 4.79 Å². The minimum atomic E-state index is -0.0806. The summed E-state index contributed by atoms with van der Waals surface area (Å²) in [5.74, 6) is 1.27. The van der Waals surface area contributed by atoms with Crippen molar-refractivity contribution in [3.05, 3.63) is 76.2 Å². The molecule has 2 aromatic carbocycles. The molecule has 0 aliphatic heterocycles. The monoisotopic (exact) mass is 380 g/mol. The van der Waals surface area contributed by atoms with Gasteiger partial charge in [-0.05, 0) is 23.1 Å². The largest absolute Gasteiger partial charge is 0.310 e. The zero-order valence-corrected chi connectivity index (χ0v) is 15.6. The highest BCUT2D eigenvalue weighted by molar-refractivity contribution is 7.17. The van der Waals surface area contributed by atoms with E-state index in [0.29, 0.717) is 23.5 Å². The predicted octanol–water partition coefficient (Wildman–Crippen LogP) is 5.49. The zero-order valence-electron chi connectivity index (χ0n) is 14.0. The molecule has 3 nitrogen and oxygen atoms in total. The first-order valence-electron chi connectivity index (χ1n) is 8.48. The number of H-pyrrole nitrogens is 1. The number of nitrogens with one attached hydrogen (secondary N) is 1. The summed E-state index contributed by atoms with van der Waals surface area (Å²) in [7, 11) is 0. The van der Waals surface area contributed by atoms with Crippen molar-refractivity contribution in [1.82, 2.24) is 9.97 Å². The Morgan fingerprint density at radius 3 is 2.38 bits per heavy atom. The number of thiophene rings is 1. The van der Waals surface area contributed by atoms with Crippen LogP contribution >= 0.6 is 22.9 Å². The van der Waals surface area contributed by atoms with Crippen molar-refractivity contribution in [3.8, 4) is 22.3 Å². The van der Waals surface area contributed by atoms with Crippen LogP contribution in [-0.4, -0.2) is 15.8 Å². The van der Waals surface area contributed by atoms with Crippen molar-refractivity contribution in [1.29, 1.82) is 0 Å². The first-order valence-corrected chi connectivity index (χ1v) is 9.90. The van der Waals surface area contributed by atoms with Crippen LogP contribution in [0.25, 0.3) is 32.5 Å². The highest BCUT2D eigenvalue weighted by Crippen LogP contribution is 2.32. The Balaban J connectivity index is 1.72. The third-order valence-electron chi connectivity index (χ3n) is 4.34. The van der Waals surface area contributed by atoms with E-state index < -0.39 is 0 Å². The lowest BCUT2D eigenvalue weighted by Gasteiger charge is -2.04. The molecule has 0 aliphatic rings. The number of alkyl halides is 1. The van der Waals surface area contributed by atoms with Crippen LogP contribution in [0.4, 0.5) is 0 Å². The fraction of sp³-hybridized carbons (Fsp3) is 0.143. The van der Waals surface area contributed by atoms with Crippen LogP contribution < -0.4 is 5.56 Å². The average Bonchev–Trinajstić information content (AvgIpc) is 3.12. The molecule has 0 saturated carbocycles. The number of benzene rings is 2. The van der Waals surface area contributed by atoms with E-state index in [1.807, 2.05) is 23.6 Å². The molecular formula is C21H17ClN2OS. The molecule has 26 heavy (non-hydrogen) atoms. The van der Waals surface area contributed by atoms with Gasteiger partial charge in [0.25, 0.3) is 5.56 Å². The Kier molecular flexibility index (Phi) is 4.87. The van der Waals surface area contributed by atoms with Crippen molar-refractivity contribution >= 4 is 33.2 Å².